The highest BCUT2D eigenvalue weighted by atomic mass is 32.9. The molecule has 0 aliphatic heterocycles. The first kappa shape index (κ1) is 13.1. The summed E-state index contributed by atoms with van der Waals surface area (Å²) in [4.78, 5) is 14.4. The van der Waals surface area contributed by atoms with Crippen molar-refractivity contribution in [3.63, 3.8) is 0 Å². The van der Waals surface area contributed by atoms with Crippen molar-refractivity contribution < 1.29 is 0 Å². The van der Waals surface area contributed by atoms with Crippen molar-refractivity contribution in [3.05, 3.63) is 58.7 Å². The monoisotopic (exact) mass is 299 g/mol. The van der Waals surface area contributed by atoms with Gasteiger partial charge in [0.1, 0.15) is 4.67 Å². The average Bonchev–Trinajstić information content (AvgIpc) is 2.87. The van der Waals surface area contributed by atoms with Crippen LogP contribution in [0.1, 0.15) is 11.3 Å². The molecule has 3 heterocycles. The van der Waals surface area contributed by atoms with E-state index in [0.717, 1.165) is 21.7 Å². The maximum atomic E-state index is 4.61. The Hall–Kier alpha value is -1.85. The molecule has 3 aromatic heterocycles. The van der Waals surface area contributed by atoms with Crippen LogP contribution in [-0.2, 0) is 0 Å². The summed E-state index contributed by atoms with van der Waals surface area (Å²) in [7, 11) is 3.37. The molecule has 0 amide bonds. The molecule has 0 fully saturated rings. The van der Waals surface area contributed by atoms with Crippen LogP contribution in [0.4, 0.5) is 5.82 Å². The Bertz CT molecular complexity index is 768. The van der Waals surface area contributed by atoms with Crippen LogP contribution in [0.3, 0.4) is 0 Å². The van der Waals surface area contributed by atoms with Crippen LogP contribution in [0.2, 0.25) is 0 Å². The van der Waals surface area contributed by atoms with Crippen molar-refractivity contribution in [1.82, 2.24) is 9.97 Å². The molecule has 0 aliphatic rings. The van der Waals surface area contributed by atoms with Gasteiger partial charge in [0, 0.05) is 28.5 Å². The summed E-state index contributed by atoms with van der Waals surface area (Å²) in [6.07, 6.45) is 3.66. The van der Waals surface area contributed by atoms with E-state index >= 15 is 0 Å². The van der Waals surface area contributed by atoms with E-state index in [9.17, 15) is 0 Å². The smallest absolute Gasteiger partial charge is 0.154 e. The molecule has 20 heavy (non-hydrogen) atoms. The summed E-state index contributed by atoms with van der Waals surface area (Å²) in [5.41, 5.74) is 3.31. The van der Waals surface area contributed by atoms with Gasteiger partial charge in [0.05, 0.1) is 0 Å². The van der Waals surface area contributed by atoms with Gasteiger partial charge >= 0.3 is 0 Å². The number of aryl methyl sites for hydroxylation is 2. The van der Waals surface area contributed by atoms with Crippen LogP contribution in [0, 0.1) is 13.8 Å². The maximum Gasteiger partial charge on any atom is 0.154 e. The molecule has 0 radical (unpaired) electrons. The Morgan fingerprint density at radius 3 is 2.75 bits per heavy atom. The van der Waals surface area contributed by atoms with Crippen molar-refractivity contribution in [2.45, 2.75) is 13.8 Å². The Morgan fingerprint density at radius 2 is 2.00 bits per heavy atom. The molecule has 0 aliphatic carbocycles. The van der Waals surface area contributed by atoms with E-state index in [1.54, 1.807) is 26.9 Å². The summed E-state index contributed by atoms with van der Waals surface area (Å²) >= 11 is 0. The lowest BCUT2D eigenvalue weighted by Crippen LogP contribution is -1.91. The lowest BCUT2D eigenvalue weighted by atomic mass is 10.2. The molecule has 0 unspecified atom stereocenters. The van der Waals surface area contributed by atoms with Gasteiger partial charge in [-0.3, -0.25) is 4.98 Å². The standard InChI is InChI=1S/C15H13N3S2/c1-10-6-11(2)17-14(7-10)18-15-8-13(19-20-15)12-4-3-5-16-9-12/h3-9H,1-2H3. The predicted molar refractivity (Wildman–Crippen MR) is 84.4 cm³/mol. The molecular formula is C15H13N3S2. The number of aromatic nitrogens is 2. The minimum absolute atomic E-state index is 0.772. The topological polar surface area (TPSA) is 38.1 Å². The maximum absolute atomic E-state index is 4.61. The molecule has 3 aromatic rings. The van der Waals surface area contributed by atoms with Gasteiger partial charge in [0.2, 0.25) is 0 Å². The first-order chi connectivity index (χ1) is 9.70. The van der Waals surface area contributed by atoms with Crippen LogP contribution in [0.15, 0.2) is 47.7 Å². The van der Waals surface area contributed by atoms with Gasteiger partial charge in [0.15, 0.2) is 5.82 Å². The molecule has 5 heteroatoms. The van der Waals surface area contributed by atoms with Crippen molar-refractivity contribution in [1.29, 1.82) is 0 Å². The van der Waals surface area contributed by atoms with Crippen LogP contribution < -0.4 is 4.67 Å². The molecule has 0 bridgehead atoms. The summed E-state index contributed by atoms with van der Waals surface area (Å²) in [5.74, 6) is 0.772. The minimum atomic E-state index is 0.772. The van der Waals surface area contributed by atoms with Crippen molar-refractivity contribution in [3.8, 4) is 10.4 Å². The number of pyridine rings is 2. The van der Waals surface area contributed by atoms with E-state index in [2.05, 4.69) is 40.1 Å². The van der Waals surface area contributed by atoms with E-state index < -0.39 is 0 Å². The van der Waals surface area contributed by atoms with Crippen molar-refractivity contribution in [2.75, 3.05) is 0 Å². The predicted octanol–water partition coefficient (Wildman–Crippen LogP) is 4.12. The molecule has 0 spiro atoms. The Kier molecular flexibility index (Phi) is 3.71. The molecule has 3 rings (SSSR count). The van der Waals surface area contributed by atoms with Gasteiger partial charge in [0.25, 0.3) is 0 Å². The second-order valence-electron chi connectivity index (χ2n) is 4.51. The molecule has 0 aromatic carbocycles. The van der Waals surface area contributed by atoms with Gasteiger partial charge in [-0.1, -0.05) is 26.7 Å². The lowest BCUT2D eigenvalue weighted by Gasteiger charge is -1.97. The highest BCUT2D eigenvalue weighted by Gasteiger charge is 2.01. The Morgan fingerprint density at radius 1 is 1.10 bits per heavy atom. The fourth-order valence-corrected chi connectivity index (χ4v) is 4.07. The van der Waals surface area contributed by atoms with Gasteiger partial charge in [-0.25, -0.2) is 9.98 Å². The first-order valence-corrected chi connectivity index (χ1v) is 8.36. The summed E-state index contributed by atoms with van der Waals surface area (Å²) in [6, 6.07) is 10.1. The normalized spacial score (nSPS) is 11.8. The Labute approximate surface area is 124 Å². The SMILES string of the molecule is Cc1cc(C)nc(N=c2cc(-c3cccnc3)ss2)c1. The summed E-state index contributed by atoms with van der Waals surface area (Å²) in [5, 5.41) is 0. The number of rotatable bonds is 2. The zero-order valence-corrected chi connectivity index (χ0v) is 12.8. The summed E-state index contributed by atoms with van der Waals surface area (Å²) < 4.78 is 0.978. The van der Waals surface area contributed by atoms with Gasteiger partial charge < -0.3 is 0 Å². The average molecular weight is 299 g/mol. The second-order valence-corrected chi connectivity index (χ2v) is 6.70. The van der Waals surface area contributed by atoms with E-state index in [1.165, 1.54) is 10.4 Å². The zero-order chi connectivity index (χ0) is 13.9. The van der Waals surface area contributed by atoms with Crippen LogP contribution in [0.25, 0.3) is 10.4 Å². The fourth-order valence-electron chi connectivity index (χ4n) is 1.93. The molecule has 0 N–H and O–H groups in total. The fraction of sp³-hybridized carbons (Fsp3) is 0.133. The zero-order valence-electron chi connectivity index (χ0n) is 11.2. The third-order valence-corrected chi connectivity index (χ3v) is 5.02. The third-order valence-electron chi connectivity index (χ3n) is 2.73. The van der Waals surface area contributed by atoms with E-state index in [-0.39, 0.29) is 0 Å². The molecule has 100 valence electrons. The minimum Gasteiger partial charge on any atom is -0.264 e. The van der Waals surface area contributed by atoms with Gasteiger partial charge in [-0.15, -0.1) is 0 Å². The Balaban J connectivity index is 1.99. The van der Waals surface area contributed by atoms with Gasteiger partial charge in [-0.05, 0) is 43.7 Å². The van der Waals surface area contributed by atoms with Crippen LogP contribution in [-0.4, -0.2) is 9.97 Å². The largest absolute Gasteiger partial charge is 0.264 e. The summed E-state index contributed by atoms with van der Waals surface area (Å²) in [6.45, 7) is 4.05. The number of nitrogens with zero attached hydrogens (tertiary/aromatic N) is 3. The van der Waals surface area contributed by atoms with Crippen molar-refractivity contribution in [2.24, 2.45) is 4.99 Å². The second kappa shape index (κ2) is 5.64. The molecule has 0 saturated carbocycles. The lowest BCUT2D eigenvalue weighted by molar-refractivity contribution is 1.14. The van der Waals surface area contributed by atoms with Gasteiger partial charge in [-0.2, -0.15) is 0 Å². The quantitative estimate of drug-likeness (QED) is 0.668. The van der Waals surface area contributed by atoms with E-state index in [1.807, 2.05) is 25.3 Å². The molecule has 0 saturated heterocycles. The molecule has 0 atom stereocenters. The first-order valence-electron chi connectivity index (χ1n) is 6.21. The molecular weight excluding hydrogens is 286 g/mol. The highest BCUT2D eigenvalue weighted by Crippen LogP contribution is 2.24. The van der Waals surface area contributed by atoms with Crippen LogP contribution in [0.5, 0.6) is 0 Å². The van der Waals surface area contributed by atoms with E-state index in [0.29, 0.717) is 0 Å². The third kappa shape index (κ3) is 3.00. The number of hydrogen-bond acceptors (Lipinski definition) is 5. The van der Waals surface area contributed by atoms with Crippen LogP contribution >= 0.6 is 20.7 Å². The highest BCUT2D eigenvalue weighted by molar-refractivity contribution is 7.69. The molecule has 3 nitrogen and oxygen atoms in total. The van der Waals surface area contributed by atoms with E-state index in [4.69, 9.17) is 0 Å². The van der Waals surface area contributed by atoms with Crippen molar-refractivity contribution >= 4 is 26.5 Å². The number of hydrogen-bond donors (Lipinski definition) is 0.